The van der Waals surface area contributed by atoms with Crippen LogP contribution in [0, 0.1) is 5.92 Å². The van der Waals surface area contributed by atoms with E-state index in [1.165, 1.54) is 23.1 Å². The van der Waals surface area contributed by atoms with Crippen molar-refractivity contribution in [3.8, 4) is 5.75 Å². The molecule has 0 aliphatic heterocycles. The number of alkyl carbamates (subject to hydrolysis) is 1. The topological polar surface area (TPSA) is 108 Å². The van der Waals surface area contributed by atoms with Crippen LogP contribution in [0.1, 0.15) is 66.5 Å². The normalized spacial score (nSPS) is 13.2. The molecule has 0 aliphatic carbocycles. The Bertz CT molecular complexity index is 830. The van der Waals surface area contributed by atoms with Gasteiger partial charge in [-0.25, -0.2) is 4.79 Å². The quantitative estimate of drug-likeness (QED) is 0.458. The zero-order valence-corrected chi connectivity index (χ0v) is 20.8. The number of benzene rings is 1. The SMILES string of the molecule is C=CCN(C(=O)C(CC(C)C)NC(=O)OC(C)(C)C)C(C(=O)NC(C)C)c1cccc(O)c1. The molecule has 0 saturated heterocycles. The van der Waals surface area contributed by atoms with Crippen LogP contribution in [0.2, 0.25) is 0 Å². The number of hydrogen-bond donors (Lipinski definition) is 3. The average Bonchev–Trinajstić information content (AvgIpc) is 2.64. The van der Waals surface area contributed by atoms with E-state index in [0.717, 1.165) is 0 Å². The maximum absolute atomic E-state index is 13.7. The fourth-order valence-electron chi connectivity index (χ4n) is 3.34. The van der Waals surface area contributed by atoms with Crippen molar-refractivity contribution in [2.45, 2.75) is 78.6 Å². The highest BCUT2D eigenvalue weighted by molar-refractivity contribution is 5.92. The number of carbonyl (C=O) groups is 3. The van der Waals surface area contributed by atoms with Gasteiger partial charge >= 0.3 is 6.09 Å². The summed E-state index contributed by atoms with van der Waals surface area (Å²) in [5.41, 5.74) is -0.277. The van der Waals surface area contributed by atoms with Crippen LogP contribution in [0.4, 0.5) is 4.79 Å². The Hall–Kier alpha value is -3.03. The zero-order chi connectivity index (χ0) is 25.3. The molecule has 3 amide bonds. The lowest BCUT2D eigenvalue weighted by atomic mass is 9.99. The van der Waals surface area contributed by atoms with E-state index in [-0.39, 0.29) is 24.3 Å². The molecule has 0 fully saturated rings. The first-order valence-electron chi connectivity index (χ1n) is 11.2. The second kappa shape index (κ2) is 12.3. The fraction of sp³-hybridized carbons (Fsp3) is 0.560. The Morgan fingerprint density at radius 3 is 2.27 bits per heavy atom. The van der Waals surface area contributed by atoms with Gasteiger partial charge < -0.3 is 25.4 Å². The Morgan fingerprint density at radius 2 is 1.79 bits per heavy atom. The molecule has 1 aromatic carbocycles. The molecular weight excluding hydrogens is 422 g/mol. The first-order valence-corrected chi connectivity index (χ1v) is 11.2. The molecule has 0 spiro atoms. The number of nitrogens with zero attached hydrogens (tertiary/aromatic N) is 1. The van der Waals surface area contributed by atoms with Crippen LogP contribution in [0.25, 0.3) is 0 Å². The van der Waals surface area contributed by atoms with E-state index in [1.54, 1.807) is 32.9 Å². The van der Waals surface area contributed by atoms with Crippen LogP contribution in [-0.2, 0) is 14.3 Å². The Morgan fingerprint density at radius 1 is 1.15 bits per heavy atom. The molecule has 0 saturated carbocycles. The van der Waals surface area contributed by atoms with Gasteiger partial charge in [-0.2, -0.15) is 0 Å². The summed E-state index contributed by atoms with van der Waals surface area (Å²) in [6, 6.07) is 4.13. The smallest absolute Gasteiger partial charge is 0.408 e. The van der Waals surface area contributed by atoms with Crippen molar-refractivity contribution in [2.75, 3.05) is 6.54 Å². The molecule has 2 atom stereocenters. The van der Waals surface area contributed by atoms with Crippen molar-refractivity contribution in [3.05, 3.63) is 42.5 Å². The summed E-state index contributed by atoms with van der Waals surface area (Å²) >= 11 is 0. The van der Waals surface area contributed by atoms with Crippen molar-refractivity contribution in [3.63, 3.8) is 0 Å². The molecule has 0 radical (unpaired) electrons. The number of phenols is 1. The van der Waals surface area contributed by atoms with Gasteiger partial charge in [-0.1, -0.05) is 32.1 Å². The Labute approximate surface area is 197 Å². The second-order valence-electron chi connectivity index (χ2n) is 9.77. The number of nitrogens with one attached hydrogen (secondary N) is 2. The second-order valence-corrected chi connectivity index (χ2v) is 9.77. The monoisotopic (exact) mass is 461 g/mol. The van der Waals surface area contributed by atoms with E-state index in [1.807, 2.05) is 27.7 Å². The summed E-state index contributed by atoms with van der Waals surface area (Å²) < 4.78 is 5.35. The molecule has 8 nitrogen and oxygen atoms in total. The number of carbonyl (C=O) groups excluding carboxylic acids is 3. The van der Waals surface area contributed by atoms with Gasteiger partial charge in [0.25, 0.3) is 0 Å². The van der Waals surface area contributed by atoms with Gasteiger partial charge in [0.15, 0.2) is 0 Å². The minimum Gasteiger partial charge on any atom is -0.508 e. The van der Waals surface area contributed by atoms with Crippen LogP contribution < -0.4 is 10.6 Å². The maximum Gasteiger partial charge on any atom is 0.408 e. The molecule has 0 aromatic heterocycles. The van der Waals surface area contributed by atoms with Crippen LogP contribution in [-0.4, -0.2) is 52.1 Å². The first kappa shape index (κ1) is 28.0. The van der Waals surface area contributed by atoms with E-state index >= 15 is 0 Å². The summed E-state index contributed by atoms with van der Waals surface area (Å²) in [6.07, 6.45) is 1.17. The van der Waals surface area contributed by atoms with Gasteiger partial charge in [0.1, 0.15) is 23.4 Å². The predicted molar refractivity (Wildman–Crippen MR) is 129 cm³/mol. The van der Waals surface area contributed by atoms with Gasteiger partial charge in [-0.3, -0.25) is 9.59 Å². The van der Waals surface area contributed by atoms with Gasteiger partial charge in [-0.05, 0) is 64.7 Å². The summed E-state index contributed by atoms with van der Waals surface area (Å²) in [5, 5.41) is 15.5. The number of hydrogen-bond acceptors (Lipinski definition) is 5. The van der Waals surface area contributed by atoms with E-state index in [2.05, 4.69) is 17.2 Å². The van der Waals surface area contributed by atoms with Crippen LogP contribution >= 0.6 is 0 Å². The summed E-state index contributed by atoms with van der Waals surface area (Å²) in [7, 11) is 0. The van der Waals surface area contributed by atoms with Gasteiger partial charge in [0, 0.05) is 12.6 Å². The van der Waals surface area contributed by atoms with E-state index in [0.29, 0.717) is 12.0 Å². The third kappa shape index (κ3) is 9.55. The summed E-state index contributed by atoms with van der Waals surface area (Å²) in [4.78, 5) is 40.8. The lowest BCUT2D eigenvalue weighted by molar-refractivity contribution is -0.142. The predicted octanol–water partition coefficient (Wildman–Crippen LogP) is 3.91. The number of aromatic hydroxyl groups is 1. The standard InChI is InChI=1S/C25H39N3O5/c1-9-13-28(21(22(30)26-17(4)5)18-11-10-12-19(29)15-18)23(31)20(14-16(2)3)27-24(32)33-25(6,7)8/h9-12,15-17,20-21,29H,1,13-14H2,2-8H3,(H,26,30)(H,27,32). The van der Waals surface area contributed by atoms with Gasteiger partial charge in [-0.15, -0.1) is 6.58 Å². The zero-order valence-electron chi connectivity index (χ0n) is 20.8. The maximum atomic E-state index is 13.7. The molecule has 1 aromatic rings. The fourth-order valence-corrected chi connectivity index (χ4v) is 3.34. The minimum atomic E-state index is -1.03. The van der Waals surface area contributed by atoms with E-state index in [4.69, 9.17) is 4.74 Å². The van der Waals surface area contributed by atoms with E-state index < -0.39 is 35.6 Å². The van der Waals surface area contributed by atoms with Crippen LogP contribution in [0.3, 0.4) is 0 Å². The number of rotatable bonds is 10. The third-order valence-electron chi connectivity index (χ3n) is 4.48. The van der Waals surface area contributed by atoms with Crippen molar-refractivity contribution in [2.24, 2.45) is 5.92 Å². The van der Waals surface area contributed by atoms with Crippen molar-refractivity contribution < 1.29 is 24.2 Å². The minimum absolute atomic E-state index is 0.0218. The number of ether oxygens (including phenoxy) is 1. The third-order valence-corrected chi connectivity index (χ3v) is 4.48. The number of phenolic OH excluding ortho intramolecular Hbond substituents is 1. The molecule has 0 heterocycles. The molecule has 3 N–H and O–H groups in total. The van der Waals surface area contributed by atoms with Gasteiger partial charge in [0.05, 0.1) is 0 Å². The van der Waals surface area contributed by atoms with Crippen molar-refractivity contribution >= 4 is 17.9 Å². The highest BCUT2D eigenvalue weighted by atomic mass is 16.6. The molecule has 33 heavy (non-hydrogen) atoms. The van der Waals surface area contributed by atoms with Crippen molar-refractivity contribution in [1.29, 1.82) is 0 Å². The average molecular weight is 462 g/mol. The molecule has 1 rings (SSSR count). The van der Waals surface area contributed by atoms with E-state index in [9.17, 15) is 19.5 Å². The van der Waals surface area contributed by atoms with Gasteiger partial charge in [0.2, 0.25) is 11.8 Å². The number of amides is 3. The Kier molecular flexibility index (Phi) is 10.4. The molecular formula is C25H39N3O5. The lowest BCUT2D eigenvalue weighted by Gasteiger charge is -2.34. The van der Waals surface area contributed by atoms with Crippen molar-refractivity contribution in [1.82, 2.24) is 15.5 Å². The lowest BCUT2D eigenvalue weighted by Crippen LogP contribution is -2.53. The largest absolute Gasteiger partial charge is 0.508 e. The van der Waals surface area contributed by atoms with Crippen LogP contribution in [0.5, 0.6) is 5.75 Å². The van der Waals surface area contributed by atoms with Crippen LogP contribution in [0.15, 0.2) is 36.9 Å². The molecule has 184 valence electrons. The molecule has 0 bridgehead atoms. The first-order chi connectivity index (χ1) is 15.2. The summed E-state index contributed by atoms with van der Waals surface area (Å²) in [6.45, 7) is 16.5. The summed E-state index contributed by atoms with van der Waals surface area (Å²) in [5.74, 6) is -0.775. The Balaban J connectivity index is 3.41. The molecule has 0 aliphatic rings. The highest BCUT2D eigenvalue weighted by Gasteiger charge is 2.36. The molecule has 8 heteroatoms. The highest BCUT2D eigenvalue weighted by Crippen LogP contribution is 2.26. The molecule has 2 unspecified atom stereocenters.